The van der Waals surface area contributed by atoms with Crippen molar-refractivity contribution >= 4 is 6.72 Å². The first kappa shape index (κ1) is 14.2. The smallest absolute Gasteiger partial charge is 0.212 e. The highest BCUT2D eigenvalue weighted by molar-refractivity contribution is 5.39. The Balaban J connectivity index is 2.75. The Morgan fingerprint density at radius 3 is 2.89 bits per heavy atom. The van der Waals surface area contributed by atoms with Gasteiger partial charge in [0.2, 0.25) is 5.95 Å². The molecule has 0 atom stereocenters. The predicted octanol–water partition coefficient (Wildman–Crippen LogP) is 3.87. The number of halogens is 1. The van der Waals surface area contributed by atoms with Gasteiger partial charge in [0.05, 0.1) is 7.11 Å². The topological polar surface area (TPSA) is 21.6 Å². The molecule has 0 fully saturated rings. The standard InChI is InChI=1S/C15H18FNO/c1-4-12-9-10-13(14(11-12)18-3)7-5-6-8-15(16)17-2/h5-6,8-11H,2,4,7H2,1,3H3/b6-5-,15-8-. The molecule has 0 aromatic heterocycles. The zero-order valence-electron chi connectivity index (χ0n) is 10.8. The van der Waals surface area contributed by atoms with E-state index < -0.39 is 5.95 Å². The monoisotopic (exact) mass is 247 g/mol. The molecule has 0 bridgehead atoms. The molecule has 0 radical (unpaired) electrons. The third kappa shape index (κ3) is 4.17. The van der Waals surface area contributed by atoms with Crippen molar-refractivity contribution in [3.8, 4) is 5.75 Å². The van der Waals surface area contributed by atoms with Crippen LogP contribution in [0, 0.1) is 0 Å². The Kier molecular flexibility index (Phi) is 5.85. The van der Waals surface area contributed by atoms with Crippen LogP contribution in [0.3, 0.4) is 0 Å². The Hall–Kier alpha value is -1.90. The molecule has 0 heterocycles. The van der Waals surface area contributed by atoms with Gasteiger partial charge in [-0.1, -0.05) is 31.2 Å². The molecule has 0 unspecified atom stereocenters. The Morgan fingerprint density at radius 1 is 1.50 bits per heavy atom. The van der Waals surface area contributed by atoms with Gasteiger partial charge in [0.1, 0.15) is 5.75 Å². The van der Waals surface area contributed by atoms with E-state index in [1.54, 1.807) is 13.2 Å². The quantitative estimate of drug-likeness (QED) is 0.425. The predicted molar refractivity (Wildman–Crippen MR) is 74.0 cm³/mol. The zero-order chi connectivity index (χ0) is 13.4. The van der Waals surface area contributed by atoms with E-state index in [4.69, 9.17) is 4.74 Å². The molecule has 1 rings (SSSR count). The second-order valence-electron chi connectivity index (χ2n) is 3.78. The summed E-state index contributed by atoms with van der Waals surface area (Å²) in [7, 11) is 1.66. The number of nitrogens with zero attached hydrogens (tertiary/aromatic N) is 1. The van der Waals surface area contributed by atoms with Crippen molar-refractivity contribution in [2.45, 2.75) is 19.8 Å². The van der Waals surface area contributed by atoms with Crippen LogP contribution in [-0.4, -0.2) is 13.8 Å². The van der Waals surface area contributed by atoms with E-state index in [1.807, 2.05) is 18.2 Å². The number of aryl methyl sites for hydroxylation is 1. The van der Waals surface area contributed by atoms with Crippen LogP contribution < -0.4 is 4.74 Å². The second kappa shape index (κ2) is 7.43. The maximum atomic E-state index is 12.7. The first-order valence-electron chi connectivity index (χ1n) is 5.86. The molecule has 3 heteroatoms. The van der Waals surface area contributed by atoms with Gasteiger partial charge in [-0.25, -0.2) is 4.99 Å². The van der Waals surface area contributed by atoms with Crippen LogP contribution in [0.5, 0.6) is 5.75 Å². The maximum absolute atomic E-state index is 12.7. The minimum Gasteiger partial charge on any atom is -0.496 e. The van der Waals surface area contributed by atoms with Crippen molar-refractivity contribution in [1.29, 1.82) is 0 Å². The average molecular weight is 247 g/mol. The van der Waals surface area contributed by atoms with Crippen LogP contribution in [0.2, 0.25) is 0 Å². The summed E-state index contributed by atoms with van der Waals surface area (Å²) in [5, 5.41) is 0. The Labute approximate surface area is 108 Å². The first-order chi connectivity index (χ1) is 8.71. The van der Waals surface area contributed by atoms with Gasteiger partial charge in [-0.15, -0.1) is 0 Å². The summed E-state index contributed by atoms with van der Waals surface area (Å²) in [6.07, 6.45) is 6.42. The SMILES string of the molecule is C=N/C(F)=C\C=C/Cc1ccc(CC)cc1OC. The molecule has 2 nitrogen and oxygen atoms in total. The third-order valence-corrected chi connectivity index (χ3v) is 2.62. The molecule has 96 valence electrons. The number of allylic oxidation sites excluding steroid dienone is 3. The molecule has 18 heavy (non-hydrogen) atoms. The van der Waals surface area contributed by atoms with E-state index in [0.29, 0.717) is 6.42 Å². The number of aliphatic imine (C=N–C) groups is 1. The van der Waals surface area contributed by atoms with Crippen molar-refractivity contribution in [2.24, 2.45) is 4.99 Å². The van der Waals surface area contributed by atoms with Crippen molar-refractivity contribution in [3.63, 3.8) is 0 Å². The van der Waals surface area contributed by atoms with E-state index in [-0.39, 0.29) is 0 Å². The molecule has 0 N–H and O–H groups in total. The number of methoxy groups -OCH3 is 1. The van der Waals surface area contributed by atoms with Gasteiger partial charge >= 0.3 is 0 Å². The molecule has 0 saturated carbocycles. The molecule has 1 aromatic rings. The van der Waals surface area contributed by atoms with Crippen LogP contribution in [-0.2, 0) is 12.8 Å². The minimum absolute atomic E-state index is 0.584. The van der Waals surface area contributed by atoms with E-state index in [0.717, 1.165) is 17.7 Å². The van der Waals surface area contributed by atoms with Crippen molar-refractivity contribution in [1.82, 2.24) is 0 Å². The fourth-order valence-electron chi connectivity index (χ4n) is 1.57. The van der Waals surface area contributed by atoms with E-state index in [9.17, 15) is 4.39 Å². The highest BCUT2D eigenvalue weighted by Gasteiger charge is 2.01. The lowest BCUT2D eigenvalue weighted by Crippen LogP contribution is -1.92. The van der Waals surface area contributed by atoms with Crippen molar-refractivity contribution in [3.05, 3.63) is 53.5 Å². The highest BCUT2D eigenvalue weighted by atomic mass is 19.1. The van der Waals surface area contributed by atoms with Gasteiger partial charge in [0.25, 0.3) is 0 Å². The van der Waals surface area contributed by atoms with Crippen molar-refractivity contribution < 1.29 is 9.13 Å². The lowest BCUT2D eigenvalue weighted by Gasteiger charge is -2.08. The van der Waals surface area contributed by atoms with E-state index in [2.05, 4.69) is 24.7 Å². The van der Waals surface area contributed by atoms with Crippen LogP contribution in [0.1, 0.15) is 18.1 Å². The molecule has 0 saturated heterocycles. The lowest BCUT2D eigenvalue weighted by molar-refractivity contribution is 0.410. The van der Waals surface area contributed by atoms with Crippen LogP contribution in [0.15, 0.2) is 47.4 Å². The molecule has 0 aliphatic heterocycles. The third-order valence-electron chi connectivity index (χ3n) is 2.62. The Morgan fingerprint density at radius 2 is 2.28 bits per heavy atom. The summed E-state index contributed by atoms with van der Waals surface area (Å²) in [6, 6.07) is 6.14. The fraction of sp³-hybridized carbons (Fsp3) is 0.267. The minimum atomic E-state index is -0.584. The number of ether oxygens (including phenoxy) is 1. The number of hydrogen-bond acceptors (Lipinski definition) is 2. The van der Waals surface area contributed by atoms with Gasteiger partial charge in [-0.2, -0.15) is 4.39 Å². The summed E-state index contributed by atoms with van der Waals surface area (Å²) in [6.45, 7) is 5.20. The zero-order valence-corrected chi connectivity index (χ0v) is 10.8. The second-order valence-corrected chi connectivity index (χ2v) is 3.78. The summed E-state index contributed by atoms with van der Waals surface area (Å²) >= 11 is 0. The summed E-state index contributed by atoms with van der Waals surface area (Å²) < 4.78 is 18.0. The largest absolute Gasteiger partial charge is 0.496 e. The maximum Gasteiger partial charge on any atom is 0.212 e. The molecule has 0 aliphatic carbocycles. The van der Waals surface area contributed by atoms with E-state index >= 15 is 0 Å². The molecule has 0 aliphatic rings. The molecular formula is C15H18FNO. The normalized spacial score (nSPS) is 11.8. The van der Waals surface area contributed by atoms with E-state index in [1.165, 1.54) is 11.6 Å². The number of rotatable bonds is 6. The fourth-order valence-corrected chi connectivity index (χ4v) is 1.57. The van der Waals surface area contributed by atoms with Gasteiger partial charge in [-0.3, -0.25) is 0 Å². The number of hydrogen-bond donors (Lipinski definition) is 0. The highest BCUT2D eigenvalue weighted by Crippen LogP contribution is 2.21. The Bertz CT molecular complexity index is 464. The lowest BCUT2D eigenvalue weighted by atomic mass is 10.1. The summed E-state index contributed by atoms with van der Waals surface area (Å²) in [5.41, 5.74) is 2.31. The van der Waals surface area contributed by atoms with Gasteiger partial charge in [0, 0.05) is 0 Å². The molecular weight excluding hydrogens is 229 g/mol. The van der Waals surface area contributed by atoms with Crippen LogP contribution in [0.25, 0.3) is 0 Å². The van der Waals surface area contributed by atoms with Crippen molar-refractivity contribution in [2.75, 3.05) is 7.11 Å². The summed E-state index contributed by atoms with van der Waals surface area (Å²) in [4.78, 5) is 3.16. The molecule has 0 amide bonds. The van der Waals surface area contributed by atoms with Gasteiger partial charge < -0.3 is 4.74 Å². The van der Waals surface area contributed by atoms with Crippen LogP contribution in [0.4, 0.5) is 4.39 Å². The first-order valence-corrected chi connectivity index (χ1v) is 5.86. The number of benzene rings is 1. The summed E-state index contributed by atoms with van der Waals surface area (Å²) in [5.74, 6) is 0.282. The van der Waals surface area contributed by atoms with Crippen LogP contribution >= 0.6 is 0 Å². The molecule has 0 spiro atoms. The molecule has 1 aromatic carbocycles. The van der Waals surface area contributed by atoms with Gasteiger partial charge in [-0.05, 0) is 42.8 Å². The average Bonchev–Trinajstić information content (AvgIpc) is 2.43. The van der Waals surface area contributed by atoms with Gasteiger partial charge in [0.15, 0.2) is 0 Å².